The second-order valence-corrected chi connectivity index (χ2v) is 10.5. The Balaban J connectivity index is 1.42. The van der Waals surface area contributed by atoms with Crippen molar-refractivity contribution in [2.45, 2.75) is 58.0 Å². The number of fused-ring (bicyclic) bond motifs is 2. The van der Waals surface area contributed by atoms with Crippen molar-refractivity contribution in [1.82, 2.24) is 14.8 Å². The van der Waals surface area contributed by atoms with Crippen molar-refractivity contribution in [1.29, 1.82) is 0 Å². The van der Waals surface area contributed by atoms with Crippen molar-refractivity contribution in [2.75, 3.05) is 12.4 Å². The van der Waals surface area contributed by atoms with Gasteiger partial charge in [0.15, 0.2) is 11.5 Å². The summed E-state index contributed by atoms with van der Waals surface area (Å²) >= 11 is 1.58. The van der Waals surface area contributed by atoms with E-state index in [-0.39, 0.29) is 17.9 Å². The molecule has 1 aliphatic carbocycles. The summed E-state index contributed by atoms with van der Waals surface area (Å²) in [5, 5.41) is 8.64. The molecule has 0 saturated heterocycles. The molecule has 1 N–H and O–H groups in total. The van der Waals surface area contributed by atoms with Gasteiger partial charge in [-0.2, -0.15) is 9.78 Å². The molecule has 1 amide bonds. The summed E-state index contributed by atoms with van der Waals surface area (Å²) in [6.45, 7) is 4.07. The van der Waals surface area contributed by atoms with Crippen LogP contribution in [0.15, 0.2) is 36.4 Å². The minimum atomic E-state index is -0.124. The van der Waals surface area contributed by atoms with Crippen LogP contribution in [0.2, 0.25) is 0 Å². The van der Waals surface area contributed by atoms with Gasteiger partial charge in [0.2, 0.25) is 11.0 Å². The predicted octanol–water partition coefficient (Wildman–Crippen LogP) is 5.90. The number of aryl methyl sites for hydroxylation is 2. The lowest BCUT2D eigenvalue weighted by Gasteiger charge is -2.25. The number of rotatable bonds is 5. The van der Waals surface area contributed by atoms with Crippen LogP contribution in [0, 0.1) is 13.8 Å². The SMILES string of the molecule is COc1ccc([C@@H]2CC(=O)Nc3c2c(C)nn3-c2nc3ccc(C)cc3s2)cc1OC1CCCC1. The quantitative estimate of drug-likeness (QED) is 0.378. The fraction of sp³-hybridized carbons (Fsp3) is 0.370. The Morgan fingerprint density at radius 3 is 2.71 bits per heavy atom. The van der Waals surface area contributed by atoms with Crippen molar-refractivity contribution in [2.24, 2.45) is 0 Å². The van der Waals surface area contributed by atoms with Crippen molar-refractivity contribution >= 4 is 33.3 Å². The first-order valence-electron chi connectivity index (χ1n) is 12.1. The van der Waals surface area contributed by atoms with E-state index in [9.17, 15) is 4.79 Å². The summed E-state index contributed by atoms with van der Waals surface area (Å²) < 4.78 is 14.8. The Kier molecular flexibility index (Phi) is 5.48. The largest absolute Gasteiger partial charge is 0.493 e. The van der Waals surface area contributed by atoms with E-state index < -0.39 is 0 Å². The van der Waals surface area contributed by atoms with E-state index in [1.807, 2.05) is 31.2 Å². The van der Waals surface area contributed by atoms with Crippen LogP contribution in [0.5, 0.6) is 11.5 Å². The first-order chi connectivity index (χ1) is 17.0. The highest BCUT2D eigenvalue weighted by molar-refractivity contribution is 7.20. The number of aromatic nitrogens is 3. The van der Waals surface area contributed by atoms with E-state index in [0.29, 0.717) is 12.2 Å². The molecular formula is C27H28N4O3S. The van der Waals surface area contributed by atoms with Gasteiger partial charge in [-0.05, 0) is 74.9 Å². The van der Waals surface area contributed by atoms with Gasteiger partial charge in [-0.1, -0.05) is 23.5 Å². The fourth-order valence-electron chi connectivity index (χ4n) is 5.27. The molecule has 7 nitrogen and oxygen atoms in total. The predicted molar refractivity (Wildman–Crippen MR) is 137 cm³/mol. The van der Waals surface area contributed by atoms with Gasteiger partial charge in [0.1, 0.15) is 5.82 Å². The Labute approximate surface area is 208 Å². The van der Waals surface area contributed by atoms with Crippen LogP contribution in [0.3, 0.4) is 0 Å². The number of amides is 1. The smallest absolute Gasteiger partial charge is 0.226 e. The van der Waals surface area contributed by atoms with Gasteiger partial charge in [-0.15, -0.1) is 0 Å². The topological polar surface area (TPSA) is 78.3 Å². The maximum absolute atomic E-state index is 12.9. The van der Waals surface area contributed by atoms with Gasteiger partial charge in [-0.25, -0.2) is 4.98 Å². The normalized spacial score (nSPS) is 18.0. The van der Waals surface area contributed by atoms with Crippen LogP contribution in [0.25, 0.3) is 15.3 Å². The standard InChI is InChI=1S/C27H28N4O3S/c1-15-8-10-20-23(12-15)35-27(28-20)31-26-25(16(2)30-31)19(14-24(32)29-26)17-9-11-21(33-3)22(13-17)34-18-6-4-5-7-18/h8-13,18-19H,4-7,14H2,1-3H3,(H,29,32)/t19-/m0/s1. The highest BCUT2D eigenvalue weighted by atomic mass is 32.1. The Bertz CT molecular complexity index is 1430. The summed E-state index contributed by atoms with van der Waals surface area (Å²) in [6.07, 6.45) is 5.10. The van der Waals surface area contributed by atoms with Gasteiger partial charge in [-0.3, -0.25) is 4.79 Å². The third kappa shape index (κ3) is 3.95. The summed E-state index contributed by atoms with van der Waals surface area (Å²) in [4.78, 5) is 17.7. The monoisotopic (exact) mass is 488 g/mol. The molecule has 1 saturated carbocycles. The molecule has 180 valence electrons. The number of nitrogens with one attached hydrogen (secondary N) is 1. The van der Waals surface area contributed by atoms with Gasteiger partial charge in [0.05, 0.1) is 29.1 Å². The van der Waals surface area contributed by atoms with Gasteiger partial charge in [0, 0.05) is 17.9 Å². The summed E-state index contributed by atoms with van der Waals surface area (Å²) in [5.74, 6) is 2.01. The van der Waals surface area contributed by atoms with Crippen LogP contribution in [-0.2, 0) is 4.79 Å². The molecule has 0 radical (unpaired) electrons. The van der Waals surface area contributed by atoms with E-state index in [1.54, 1.807) is 23.1 Å². The summed E-state index contributed by atoms with van der Waals surface area (Å²) in [5.41, 5.74) is 5.05. The molecule has 3 heterocycles. The third-order valence-corrected chi connectivity index (χ3v) is 8.00. The van der Waals surface area contributed by atoms with E-state index in [0.717, 1.165) is 56.5 Å². The zero-order chi connectivity index (χ0) is 24.1. The average Bonchev–Trinajstić information content (AvgIpc) is 3.57. The van der Waals surface area contributed by atoms with Crippen molar-refractivity contribution in [3.63, 3.8) is 0 Å². The number of hydrogen-bond donors (Lipinski definition) is 1. The Hall–Kier alpha value is -3.39. The highest BCUT2D eigenvalue weighted by Crippen LogP contribution is 2.43. The minimum absolute atomic E-state index is 0.0327. The number of ether oxygens (including phenoxy) is 2. The zero-order valence-corrected chi connectivity index (χ0v) is 20.9. The molecule has 2 aromatic carbocycles. The van der Waals surface area contributed by atoms with Crippen molar-refractivity contribution < 1.29 is 14.3 Å². The molecule has 8 heteroatoms. The Morgan fingerprint density at radius 1 is 1.09 bits per heavy atom. The second-order valence-electron chi connectivity index (χ2n) is 9.47. The molecule has 0 spiro atoms. The molecule has 1 atom stereocenters. The van der Waals surface area contributed by atoms with E-state index >= 15 is 0 Å². The Morgan fingerprint density at radius 2 is 1.91 bits per heavy atom. The molecule has 6 rings (SSSR count). The van der Waals surface area contributed by atoms with Gasteiger partial charge >= 0.3 is 0 Å². The van der Waals surface area contributed by atoms with Crippen LogP contribution in [0.1, 0.15) is 60.4 Å². The van der Waals surface area contributed by atoms with E-state index in [2.05, 4.69) is 24.4 Å². The molecule has 2 aliphatic rings. The lowest BCUT2D eigenvalue weighted by molar-refractivity contribution is -0.116. The molecule has 4 aromatic rings. The zero-order valence-electron chi connectivity index (χ0n) is 20.1. The van der Waals surface area contributed by atoms with Crippen LogP contribution in [0.4, 0.5) is 5.82 Å². The fourth-order valence-corrected chi connectivity index (χ4v) is 6.29. The molecule has 0 unspecified atom stereocenters. The average molecular weight is 489 g/mol. The number of carbonyl (C=O) groups is 1. The molecule has 35 heavy (non-hydrogen) atoms. The number of carbonyl (C=O) groups excluding carboxylic acids is 1. The van der Waals surface area contributed by atoms with Crippen LogP contribution >= 0.6 is 11.3 Å². The first-order valence-corrected chi connectivity index (χ1v) is 12.9. The maximum atomic E-state index is 12.9. The number of benzene rings is 2. The number of anilines is 1. The van der Waals surface area contributed by atoms with Gasteiger partial charge < -0.3 is 14.8 Å². The van der Waals surface area contributed by atoms with Crippen molar-refractivity contribution in [3.8, 4) is 16.6 Å². The third-order valence-electron chi connectivity index (χ3n) is 7.00. The summed E-state index contributed by atoms with van der Waals surface area (Å²) in [7, 11) is 1.66. The lowest BCUT2D eigenvalue weighted by Crippen LogP contribution is -2.25. The number of thiazole rings is 1. The van der Waals surface area contributed by atoms with E-state index in [4.69, 9.17) is 19.6 Å². The van der Waals surface area contributed by atoms with Crippen LogP contribution < -0.4 is 14.8 Å². The van der Waals surface area contributed by atoms with Crippen molar-refractivity contribution in [3.05, 3.63) is 58.8 Å². The number of hydrogen-bond acceptors (Lipinski definition) is 6. The maximum Gasteiger partial charge on any atom is 0.226 e. The lowest BCUT2D eigenvalue weighted by atomic mass is 9.85. The number of methoxy groups -OCH3 is 1. The highest BCUT2D eigenvalue weighted by Gasteiger charge is 2.34. The molecule has 2 aromatic heterocycles. The second kappa shape index (κ2) is 8.68. The van der Waals surface area contributed by atoms with E-state index in [1.165, 1.54) is 18.4 Å². The molecule has 1 fully saturated rings. The molecule has 0 bridgehead atoms. The first kappa shape index (κ1) is 22.1. The van der Waals surface area contributed by atoms with Crippen LogP contribution in [-0.4, -0.2) is 33.9 Å². The number of nitrogens with zero attached hydrogens (tertiary/aromatic N) is 3. The molecule has 1 aliphatic heterocycles. The minimum Gasteiger partial charge on any atom is -0.493 e. The molecular weight excluding hydrogens is 460 g/mol. The van der Waals surface area contributed by atoms with Gasteiger partial charge in [0.25, 0.3) is 0 Å². The summed E-state index contributed by atoms with van der Waals surface area (Å²) in [6, 6.07) is 12.2.